The summed E-state index contributed by atoms with van der Waals surface area (Å²) in [6.07, 6.45) is 3.39. The number of nitrogens with two attached hydrogens (primary N) is 1. The smallest absolute Gasteiger partial charge is 0.251 e. The minimum Gasteiger partial charge on any atom is -0.387 e. The van der Waals surface area contributed by atoms with Crippen molar-refractivity contribution in [2.45, 2.75) is 56.5 Å². The first kappa shape index (κ1) is 18.7. The number of hydrogen-bond acceptors (Lipinski definition) is 5. The minimum atomic E-state index is -0.486. The van der Waals surface area contributed by atoms with Crippen molar-refractivity contribution in [3.63, 3.8) is 0 Å². The second-order valence-corrected chi connectivity index (χ2v) is 7.13. The first-order valence-corrected chi connectivity index (χ1v) is 8.94. The molecule has 130 valence electrons. The number of likely N-dealkylation sites (tertiary alicyclic amines) is 1. The molecule has 1 aromatic heterocycles. The van der Waals surface area contributed by atoms with Crippen LogP contribution in [0.4, 0.5) is 0 Å². The predicted octanol–water partition coefficient (Wildman–Crippen LogP) is 2.09. The van der Waals surface area contributed by atoms with Crippen LogP contribution in [0.3, 0.4) is 0 Å². The summed E-state index contributed by atoms with van der Waals surface area (Å²) in [5.74, 6) is 0.0804. The van der Waals surface area contributed by atoms with E-state index in [1.165, 1.54) is 0 Å². The Morgan fingerprint density at radius 3 is 2.96 bits per heavy atom. The van der Waals surface area contributed by atoms with Crippen LogP contribution in [0.2, 0.25) is 0 Å². The minimum absolute atomic E-state index is 0. The summed E-state index contributed by atoms with van der Waals surface area (Å²) < 4.78 is 5.73. The van der Waals surface area contributed by atoms with Gasteiger partial charge in [-0.3, -0.25) is 4.79 Å². The molecule has 0 spiro atoms. The maximum Gasteiger partial charge on any atom is 0.251 e. The van der Waals surface area contributed by atoms with Crippen LogP contribution in [-0.4, -0.2) is 47.3 Å². The number of hydrogen-bond donors (Lipinski definition) is 2. The third kappa shape index (κ3) is 4.25. The molecule has 0 radical (unpaired) electrons. The highest BCUT2D eigenvalue weighted by molar-refractivity contribution is 7.10. The van der Waals surface area contributed by atoms with Gasteiger partial charge < -0.3 is 20.5 Å². The molecule has 3 N–H and O–H groups in total. The molecule has 4 atom stereocenters. The molecule has 23 heavy (non-hydrogen) atoms. The number of thiophene rings is 1. The van der Waals surface area contributed by atoms with E-state index in [0.29, 0.717) is 13.0 Å². The van der Waals surface area contributed by atoms with Crippen molar-refractivity contribution >= 4 is 29.7 Å². The second-order valence-electron chi connectivity index (χ2n) is 6.15. The monoisotopic (exact) mass is 360 g/mol. The number of halogens is 1. The van der Waals surface area contributed by atoms with Crippen LogP contribution >= 0.6 is 23.7 Å². The van der Waals surface area contributed by atoms with E-state index in [4.69, 9.17) is 10.5 Å². The van der Waals surface area contributed by atoms with Crippen LogP contribution in [0, 0.1) is 0 Å². The molecule has 7 heteroatoms. The second kappa shape index (κ2) is 8.44. The molecule has 5 nitrogen and oxygen atoms in total. The lowest BCUT2D eigenvalue weighted by Crippen LogP contribution is -2.43. The lowest BCUT2D eigenvalue weighted by Gasteiger charge is -2.28. The van der Waals surface area contributed by atoms with Gasteiger partial charge in [0.1, 0.15) is 6.10 Å². The number of ether oxygens (including phenoxy) is 1. The Labute approximate surface area is 147 Å². The van der Waals surface area contributed by atoms with E-state index in [9.17, 15) is 9.90 Å². The van der Waals surface area contributed by atoms with Crippen LogP contribution in [0.1, 0.15) is 43.1 Å². The lowest BCUT2D eigenvalue weighted by atomic mass is 10.0. The molecule has 0 aromatic carbocycles. The van der Waals surface area contributed by atoms with E-state index in [1.807, 2.05) is 22.4 Å². The molecule has 0 aliphatic carbocycles. The summed E-state index contributed by atoms with van der Waals surface area (Å²) in [7, 11) is 0. The average Bonchev–Trinajstić information content (AvgIpc) is 3.26. The van der Waals surface area contributed by atoms with Gasteiger partial charge in [0.25, 0.3) is 5.91 Å². The number of amides is 1. The van der Waals surface area contributed by atoms with Crippen molar-refractivity contribution in [3.8, 4) is 0 Å². The number of carbonyl (C=O) groups is 1. The average molecular weight is 361 g/mol. The number of rotatable bonds is 5. The molecule has 2 aliphatic rings. The van der Waals surface area contributed by atoms with Gasteiger partial charge in [0, 0.05) is 24.0 Å². The molecule has 1 amide bonds. The quantitative estimate of drug-likeness (QED) is 0.843. The van der Waals surface area contributed by atoms with Crippen molar-refractivity contribution in [1.29, 1.82) is 0 Å². The summed E-state index contributed by atoms with van der Waals surface area (Å²) >= 11 is 1.56. The Balaban J connectivity index is 0.00000192. The Morgan fingerprint density at radius 1 is 1.48 bits per heavy atom. The van der Waals surface area contributed by atoms with Gasteiger partial charge in [-0.1, -0.05) is 6.07 Å². The van der Waals surface area contributed by atoms with Gasteiger partial charge in [0.15, 0.2) is 0 Å². The van der Waals surface area contributed by atoms with Crippen LogP contribution in [0.15, 0.2) is 17.5 Å². The van der Waals surface area contributed by atoms with Crippen molar-refractivity contribution in [1.82, 2.24) is 4.90 Å². The lowest BCUT2D eigenvalue weighted by molar-refractivity contribution is -0.144. The number of aliphatic hydroxyl groups is 1. The summed E-state index contributed by atoms with van der Waals surface area (Å²) in [5.41, 5.74) is 5.62. The van der Waals surface area contributed by atoms with E-state index >= 15 is 0 Å². The maximum absolute atomic E-state index is 12.7. The Hall–Kier alpha value is -0.660. The first-order valence-electron chi connectivity index (χ1n) is 8.06. The molecule has 3 heterocycles. The van der Waals surface area contributed by atoms with Gasteiger partial charge in [-0.15, -0.1) is 23.7 Å². The molecular weight excluding hydrogens is 336 g/mol. The zero-order valence-corrected chi connectivity index (χ0v) is 14.7. The molecular formula is C16H25ClN2O3S. The number of carbonyl (C=O) groups excluding carboxylic acids is 1. The SMILES string of the molecule is Cl.NC[C@H]1CC[C@@H](C(=O)N2CCCC2CC(O)c2cccs2)O1. The van der Waals surface area contributed by atoms with Gasteiger partial charge in [-0.25, -0.2) is 0 Å². The standard InChI is InChI=1S/C16H24N2O3S.ClH/c17-10-12-5-6-14(21-12)16(20)18-7-1-3-11(18)9-13(19)15-4-2-8-22-15;/h2,4,8,11-14,19H,1,3,5-7,9-10,17H2;1H/t11?,12-,13?,14+;/m1./s1. The molecule has 2 unspecified atom stereocenters. The van der Waals surface area contributed by atoms with Crippen LogP contribution in [0.5, 0.6) is 0 Å². The number of nitrogens with zero attached hydrogens (tertiary/aromatic N) is 1. The summed E-state index contributed by atoms with van der Waals surface area (Å²) in [4.78, 5) is 15.6. The van der Waals surface area contributed by atoms with Gasteiger partial charge in [-0.2, -0.15) is 0 Å². The molecule has 2 saturated heterocycles. The molecule has 3 rings (SSSR count). The third-order valence-electron chi connectivity index (χ3n) is 4.67. The maximum atomic E-state index is 12.7. The Morgan fingerprint density at radius 2 is 2.30 bits per heavy atom. The van der Waals surface area contributed by atoms with Crippen LogP contribution < -0.4 is 5.73 Å². The van der Waals surface area contributed by atoms with Gasteiger partial charge in [0.05, 0.1) is 12.2 Å². The fraction of sp³-hybridized carbons (Fsp3) is 0.688. The molecule has 0 saturated carbocycles. The predicted molar refractivity (Wildman–Crippen MR) is 92.8 cm³/mol. The highest BCUT2D eigenvalue weighted by atomic mass is 35.5. The topological polar surface area (TPSA) is 75.8 Å². The van der Waals surface area contributed by atoms with Crippen molar-refractivity contribution in [3.05, 3.63) is 22.4 Å². The normalized spacial score (nSPS) is 28.6. The summed E-state index contributed by atoms with van der Waals surface area (Å²) in [6, 6.07) is 4.01. The highest BCUT2D eigenvalue weighted by Crippen LogP contribution is 2.31. The van der Waals surface area contributed by atoms with Gasteiger partial charge in [-0.05, 0) is 43.6 Å². The molecule has 2 aliphatic heterocycles. The summed E-state index contributed by atoms with van der Waals surface area (Å²) in [5, 5.41) is 12.3. The zero-order chi connectivity index (χ0) is 15.5. The zero-order valence-electron chi connectivity index (χ0n) is 13.1. The van der Waals surface area contributed by atoms with E-state index < -0.39 is 6.10 Å². The van der Waals surface area contributed by atoms with E-state index in [-0.39, 0.29) is 36.6 Å². The third-order valence-corrected chi connectivity index (χ3v) is 5.65. The van der Waals surface area contributed by atoms with Crippen molar-refractivity contribution in [2.24, 2.45) is 5.73 Å². The van der Waals surface area contributed by atoms with E-state index in [1.54, 1.807) is 11.3 Å². The highest BCUT2D eigenvalue weighted by Gasteiger charge is 2.38. The van der Waals surface area contributed by atoms with Gasteiger partial charge >= 0.3 is 0 Å². The summed E-state index contributed by atoms with van der Waals surface area (Å²) in [6.45, 7) is 1.25. The number of aliphatic hydroxyl groups excluding tert-OH is 1. The largest absolute Gasteiger partial charge is 0.387 e. The van der Waals surface area contributed by atoms with Crippen LogP contribution in [0.25, 0.3) is 0 Å². The van der Waals surface area contributed by atoms with Crippen molar-refractivity contribution < 1.29 is 14.6 Å². The molecule has 2 fully saturated rings. The van der Waals surface area contributed by atoms with E-state index in [0.717, 1.165) is 37.1 Å². The molecule has 0 bridgehead atoms. The van der Waals surface area contributed by atoms with Crippen molar-refractivity contribution in [2.75, 3.05) is 13.1 Å². The molecule has 1 aromatic rings. The van der Waals surface area contributed by atoms with Crippen LogP contribution in [-0.2, 0) is 9.53 Å². The first-order chi connectivity index (χ1) is 10.7. The Kier molecular flexibility index (Phi) is 6.85. The fourth-order valence-electron chi connectivity index (χ4n) is 3.47. The van der Waals surface area contributed by atoms with E-state index in [2.05, 4.69) is 0 Å². The Bertz CT molecular complexity index is 500. The van der Waals surface area contributed by atoms with Gasteiger partial charge in [0.2, 0.25) is 0 Å². The fourth-order valence-corrected chi connectivity index (χ4v) is 4.20.